The molecule has 0 saturated carbocycles. The van der Waals surface area contributed by atoms with Crippen molar-refractivity contribution in [3.63, 3.8) is 0 Å². The van der Waals surface area contributed by atoms with Crippen LogP contribution in [-0.2, 0) is 11.2 Å². The third kappa shape index (κ3) is 2.45. The maximum absolute atomic E-state index is 12.5. The number of hydrogen-bond donors (Lipinski definition) is 1. The number of carboxylic acid groups (broad SMARTS) is 1. The van der Waals surface area contributed by atoms with Gasteiger partial charge in [-0.3, -0.25) is 4.79 Å². The molecule has 0 amide bonds. The van der Waals surface area contributed by atoms with E-state index in [0.717, 1.165) is 12.1 Å². The van der Waals surface area contributed by atoms with Crippen LogP contribution in [0.1, 0.15) is 17.7 Å². The predicted octanol–water partition coefficient (Wildman–Crippen LogP) is 1.79. The Bertz CT molecular complexity index is 354. The van der Waals surface area contributed by atoms with Gasteiger partial charge >= 0.3 is 5.97 Å². The number of halogens is 3. The van der Waals surface area contributed by atoms with E-state index in [2.05, 4.69) is 4.98 Å². The van der Waals surface area contributed by atoms with Gasteiger partial charge in [0, 0.05) is 5.56 Å². The molecule has 0 spiro atoms. The van der Waals surface area contributed by atoms with Crippen LogP contribution in [-0.4, -0.2) is 16.1 Å². The first-order chi connectivity index (χ1) is 6.50. The van der Waals surface area contributed by atoms with Gasteiger partial charge in [0.1, 0.15) is 0 Å². The summed E-state index contributed by atoms with van der Waals surface area (Å²) in [5.41, 5.74) is -0.985. The summed E-state index contributed by atoms with van der Waals surface area (Å²) in [5, 5.41) is 8.36. The molecular formula is C8H6F3NO2. The molecule has 1 aromatic rings. The first-order valence-corrected chi connectivity index (χ1v) is 3.66. The summed E-state index contributed by atoms with van der Waals surface area (Å²) in [6.07, 6.45) is -3.56. The van der Waals surface area contributed by atoms with Gasteiger partial charge in [0.25, 0.3) is 6.43 Å². The molecule has 0 aliphatic rings. The second-order valence-corrected chi connectivity index (χ2v) is 2.54. The van der Waals surface area contributed by atoms with Gasteiger partial charge in [0.2, 0.25) is 5.95 Å². The Labute approximate surface area is 77.2 Å². The third-order valence-electron chi connectivity index (χ3n) is 1.53. The number of aromatic nitrogens is 1. The summed E-state index contributed by atoms with van der Waals surface area (Å²) in [4.78, 5) is 13.4. The van der Waals surface area contributed by atoms with Crippen LogP contribution >= 0.6 is 0 Å². The minimum atomic E-state index is -2.85. The van der Waals surface area contributed by atoms with E-state index in [1.807, 2.05) is 0 Å². The Hall–Kier alpha value is -1.59. The van der Waals surface area contributed by atoms with E-state index in [9.17, 15) is 18.0 Å². The number of nitrogens with zero attached hydrogens (tertiary/aromatic N) is 1. The molecular weight excluding hydrogens is 199 g/mol. The second-order valence-electron chi connectivity index (χ2n) is 2.54. The van der Waals surface area contributed by atoms with Gasteiger partial charge in [0.15, 0.2) is 0 Å². The average molecular weight is 205 g/mol. The summed E-state index contributed by atoms with van der Waals surface area (Å²) in [6, 6.07) is 1.61. The normalized spacial score (nSPS) is 10.6. The van der Waals surface area contributed by atoms with Crippen LogP contribution in [0.15, 0.2) is 12.1 Å². The Morgan fingerprint density at radius 3 is 2.64 bits per heavy atom. The summed E-state index contributed by atoms with van der Waals surface area (Å²) < 4.78 is 37.0. The van der Waals surface area contributed by atoms with Gasteiger partial charge in [0.05, 0.1) is 12.1 Å². The molecule has 0 aromatic carbocycles. The van der Waals surface area contributed by atoms with E-state index in [-0.39, 0.29) is 0 Å². The lowest BCUT2D eigenvalue weighted by atomic mass is 10.1. The van der Waals surface area contributed by atoms with Crippen molar-refractivity contribution >= 4 is 5.97 Å². The lowest BCUT2D eigenvalue weighted by Gasteiger charge is -2.04. The number of pyridine rings is 1. The number of alkyl halides is 2. The smallest absolute Gasteiger partial charge is 0.309 e. The topological polar surface area (TPSA) is 50.2 Å². The van der Waals surface area contributed by atoms with Crippen LogP contribution in [0.4, 0.5) is 13.2 Å². The lowest BCUT2D eigenvalue weighted by molar-refractivity contribution is -0.136. The van der Waals surface area contributed by atoms with E-state index in [0.29, 0.717) is 0 Å². The first-order valence-electron chi connectivity index (χ1n) is 3.66. The summed E-state index contributed by atoms with van der Waals surface area (Å²) in [7, 11) is 0. The van der Waals surface area contributed by atoms with E-state index in [1.54, 1.807) is 0 Å². The van der Waals surface area contributed by atoms with Gasteiger partial charge in [-0.25, -0.2) is 13.8 Å². The fourth-order valence-corrected chi connectivity index (χ4v) is 0.969. The monoisotopic (exact) mass is 205 g/mol. The molecule has 0 fully saturated rings. The molecule has 0 atom stereocenters. The van der Waals surface area contributed by atoms with Crippen molar-refractivity contribution in [2.75, 3.05) is 0 Å². The quantitative estimate of drug-likeness (QED) is 0.765. The summed E-state index contributed by atoms with van der Waals surface area (Å²) in [6.45, 7) is 0. The zero-order valence-corrected chi connectivity index (χ0v) is 6.88. The number of carboxylic acids is 1. The van der Waals surface area contributed by atoms with Crippen LogP contribution in [0.5, 0.6) is 0 Å². The van der Waals surface area contributed by atoms with Crippen molar-refractivity contribution in [2.24, 2.45) is 0 Å². The highest BCUT2D eigenvalue weighted by Gasteiger charge is 2.16. The molecule has 0 unspecified atom stereocenters. The van der Waals surface area contributed by atoms with E-state index in [4.69, 9.17) is 5.11 Å². The fraction of sp³-hybridized carbons (Fsp3) is 0.250. The Balaban J connectivity index is 3.09. The number of hydrogen-bond acceptors (Lipinski definition) is 2. The van der Waals surface area contributed by atoms with Crippen molar-refractivity contribution in [1.82, 2.24) is 4.98 Å². The van der Waals surface area contributed by atoms with Gasteiger partial charge in [-0.1, -0.05) is 0 Å². The van der Waals surface area contributed by atoms with Crippen molar-refractivity contribution in [3.05, 3.63) is 29.3 Å². The number of carbonyl (C=O) groups is 1. The standard InChI is InChI=1S/C8H6F3NO2/c9-6-2-1-4(8(10)11)5(12-6)3-7(13)14/h1-2,8H,3H2,(H,13,14). The molecule has 6 heteroatoms. The van der Waals surface area contributed by atoms with Crippen LogP contribution in [0.2, 0.25) is 0 Å². The minimum Gasteiger partial charge on any atom is -0.481 e. The van der Waals surface area contributed by atoms with Crippen LogP contribution in [0.25, 0.3) is 0 Å². The Kier molecular flexibility index (Phi) is 3.06. The highest BCUT2D eigenvalue weighted by Crippen LogP contribution is 2.22. The zero-order chi connectivity index (χ0) is 10.7. The largest absolute Gasteiger partial charge is 0.481 e. The molecule has 76 valence electrons. The van der Waals surface area contributed by atoms with Crippen molar-refractivity contribution in [2.45, 2.75) is 12.8 Å². The fourth-order valence-electron chi connectivity index (χ4n) is 0.969. The van der Waals surface area contributed by atoms with Crippen LogP contribution < -0.4 is 0 Å². The minimum absolute atomic E-state index is 0.437. The average Bonchev–Trinajstić information content (AvgIpc) is 2.01. The molecule has 1 rings (SSSR count). The Morgan fingerprint density at radius 2 is 2.14 bits per heavy atom. The molecule has 0 bridgehead atoms. The van der Waals surface area contributed by atoms with Gasteiger partial charge in [-0.05, 0) is 12.1 Å². The zero-order valence-electron chi connectivity index (χ0n) is 6.88. The molecule has 14 heavy (non-hydrogen) atoms. The first kappa shape index (κ1) is 10.5. The molecule has 0 aliphatic heterocycles. The van der Waals surface area contributed by atoms with Gasteiger partial charge in [-0.15, -0.1) is 0 Å². The molecule has 0 radical (unpaired) electrons. The maximum Gasteiger partial charge on any atom is 0.309 e. The number of rotatable bonds is 3. The molecule has 1 N–H and O–H groups in total. The van der Waals surface area contributed by atoms with Crippen LogP contribution in [0.3, 0.4) is 0 Å². The predicted molar refractivity (Wildman–Crippen MR) is 40.5 cm³/mol. The maximum atomic E-state index is 12.5. The van der Waals surface area contributed by atoms with Crippen molar-refractivity contribution in [3.8, 4) is 0 Å². The van der Waals surface area contributed by atoms with E-state index in [1.165, 1.54) is 0 Å². The van der Waals surface area contributed by atoms with Crippen molar-refractivity contribution in [1.29, 1.82) is 0 Å². The summed E-state index contributed by atoms with van der Waals surface area (Å²) in [5.74, 6) is -2.30. The van der Waals surface area contributed by atoms with E-state index >= 15 is 0 Å². The molecule has 1 heterocycles. The Morgan fingerprint density at radius 1 is 1.50 bits per heavy atom. The van der Waals surface area contributed by atoms with Crippen molar-refractivity contribution < 1.29 is 23.1 Å². The molecule has 0 aliphatic carbocycles. The molecule has 1 aromatic heterocycles. The van der Waals surface area contributed by atoms with Crippen LogP contribution in [0, 0.1) is 5.95 Å². The highest BCUT2D eigenvalue weighted by molar-refractivity contribution is 5.70. The second kappa shape index (κ2) is 4.08. The molecule has 3 nitrogen and oxygen atoms in total. The summed E-state index contributed by atoms with van der Waals surface area (Å²) >= 11 is 0. The highest BCUT2D eigenvalue weighted by atomic mass is 19.3. The lowest BCUT2D eigenvalue weighted by Crippen LogP contribution is -2.07. The number of aliphatic carboxylic acids is 1. The van der Waals surface area contributed by atoms with E-state index < -0.39 is 36.0 Å². The van der Waals surface area contributed by atoms with Gasteiger partial charge in [-0.2, -0.15) is 4.39 Å². The third-order valence-corrected chi connectivity index (χ3v) is 1.53. The van der Waals surface area contributed by atoms with Gasteiger partial charge < -0.3 is 5.11 Å². The SMILES string of the molecule is O=C(O)Cc1nc(F)ccc1C(F)F. The molecule has 0 saturated heterocycles.